The molecule has 0 aliphatic carbocycles. The number of carbonyl (C=O) groups is 1. The van der Waals surface area contributed by atoms with Crippen LogP contribution in [-0.2, 0) is 21.2 Å². The Bertz CT molecular complexity index is 793. The number of Topliss-reactive ketones (excluding diaryl/α,β-unsaturated/α-hetero) is 1. The van der Waals surface area contributed by atoms with Crippen LogP contribution < -0.4 is 0 Å². The molecular formula is C18H26Cl3N3O3S. The Hall–Kier alpha value is -0.410. The van der Waals surface area contributed by atoms with Gasteiger partial charge in [0.25, 0.3) is 0 Å². The van der Waals surface area contributed by atoms with Gasteiger partial charge in [0, 0.05) is 45.7 Å². The average Bonchev–Trinajstić information content (AvgIpc) is 3.12. The molecule has 1 aromatic rings. The molecule has 1 unspecified atom stereocenters. The number of likely N-dealkylation sites (tertiary alicyclic amines) is 1. The van der Waals surface area contributed by atoms with E-state index in [0.717, 1.165) is 31.5 Å². The van der Waals surface area contributed by atoms with Gasteiger partial charge in [-0.05, 0) is 30.5 Å². The molecule has 0 N–H and O–H groups in total. The van der Waals surface area contributed by atoms with Crippen LogP contribution >= 0.6 is 35.6 Å². The van der Waals surface area contributed by atoms with E-state index in [4.69, 9.17) is 23.2 Å². The highest BCUT2D eigenvalue weighted by molar-refractivity contribution is 7.88. The zero-order chi connectivity index (χ0) is 19.6. The normalized spacial score (nSPS) is 20.7. The van der Waals surface area contributed by atoms with Crippen LogP contribution in [0.1, 0.15) is 18.4 Å². The predicted octanol–water partition coefficient (Wildman–Crippen LogP) is 2.53. The van der Waals surface area contributed by atoms with Gasteiger partial charge in [-0.2, -0.15) is 4.31 Å². The minimum absolute atomic E-state index is 0. The first kappa shape index (κ1) is 23.9. The second-order valence-corrected chi connectivity index (χ2v) is 10.0. The van der Waals surface area contributed by atoms with E-state index in [2.05, 4.69) is 9.80 Å². The summed E-state index contributed by atoms with van der Waals surface area (Å²) in [4.78, 5) is 17.5. The number of rotatable bonds is 6. The molecular weight excluding hydrogens is 445 g/mol. The second kappa shape index (κ2) is 10.1. The van der Waals surface area contributed by atoms with E-state index in [9.17, 15) is 13.2 Å². The third kappa shape index (κ3) is 5.81. The Morgan fingerprint density at radius 3 is 2.11 bits per heavy atom. The first-order chi connectivity index (χ1) is 12.8. The van der Waals surface area contributed by atoms with E-state index < -0.39 is 10.0 Å². The van der Waals surface area contributed by atoms with E-state index in [1.54, 1.807) is 12.1 Å². The average molecular weight is 471 g/mol. The highest BCUT2D eigenvalue weighted by atomic mass is 35.5. The molecule has 0 aromatic heterocycles. The van der Waals surface area contributed by atoms with Crippen LogP contribution in [0.2, 0.25) is 10.0 Å². The molecule has 6 nitrogen and oxygen atoms in total. The van der Waals surface area contributed by atoms with Crippen molar-refractivity contribution in [3.63, 3.8) is 0 Å². The lowest BCUT2D eigenvalue weighted by molar-refractivity contribution is -0.131. The minimum Gasteiger partial charge on any atom is -0.296 e. The van der Waals surface area contributed by atoms with E-state index >= 15 is 0 Å². The van der Waals surface area contributed by atoms with Crippen molar-refractivity contribution in [2.24, 2.45) is 0 Å². The number of hydrogen-bond acceptors (Lipinski definition) is 5. The fourth-order valence-corrected chi connectivity index (χ4v) is 4.99. The summed E-state index contributed by atoms with van der Waals surface area (Å²) in [6, 6.07) is 5.28. The quantitative estimate of drug-likeness (QED) is 0.639. The van der Waals surface area contributed by atoms with Crippen LogP contribution in [0.25, 0.3) is 0 Å². The van der Waals surface area contributed by atoms with Crippen LogP contribution in [0.15, 0.2) is 18.2 Å². The molecule has 28 heavy (non-hydrogen) atoms. The summed E-state index contributed by atoms with van der Waals surface area (Å²) in [5.41, 5.74) is 0.841. The summed E-state index contributed by atoms with van der Waals surface area (Å²) in [6.45, 7) is 3.74. The Balaban J connectivity index is 0.00000280. The number of benzene rings is 1. The molecule has 0 spiro atoms. The van der Waals surface area contributed by atoms with E-state index in [-0.39, 0.29) is 30.8 Å². The topological polar surface area (TPSA) is 60.9 Å². The summed E-state index contributed by atoms with van der Waals surface area (Å²) in [5.74, 6) is 0.114. The van der Waals surface area contributed by atoms with Crippen molar-refractivity contribution in [2.75, 3.05) is 45.5 Å². The Morgan fingerprint density at radius 1 is 1.00 bits per heavy atom. The fraction of sp³-hybridized carbons (Fsp3) is 0.611. The van der Waals surface area contributed by atoms with Crippen LogP contribution in [0.3, 0.4) is 0 Å². The fourth-order valence-electron chi connectivity index (χ4n) is 3.85. The van der Waals surface area contributed by atoms with Crippen LogP contribution in [0.5, 0.6) is 0 Å². The van der Waals surface area contributed by atoms with Crippen molar-refractivity contribution in [3.05, 3.63) is 33.8 Å². The molecule has 2 fully saturated rings. The molecule has 0 bridgehead atoms. The van der Waals surface area contributed by atoms with Crippen LogP contribution in [-0.4, -0.2) is 80.0 Å². The number of halogens is 3. The number of sulfonamides is 1. The van der Waals surface area contributed by atoms with Crippen molar-refractivity contribution in [1.82, 2.24) is 14.1 Å². The van der Waals surface area contributed by atoms with Gasteiger partial charge in [-0.1, -0.05) is 29.3 Å². The van der Waals surface area contributed by atoms with Crippen molar-refractivity contribution < 1.29 is 13.2 Å². The van der Waals surface area contributed by atoms with E-state index in [1.165, 1.54) is 10.6 Å². The largest absolute Gasteiger partial charge is 0.296 e. The van der Waals surface area contributed by atoms with Gasteiger partial charge >= 0.3 is 0 Å². The molecule has 2 heterocycles. The van der Waals surface area contributed by atoms with Crippen LogP contribution in [0, 0.1) is 0 Å². The molecule has 10 heteroatoms. The summed E-state index contributed by atoms with van der Waals surface area (Å²) >= 11 is 12.1. The number of carbonyl (C=O) groups excluding carboxylic acids is 1. The molecule has 0 radical (unpaired) electrons. The van der Waals surface area contributed by atoms with Gasteiger partial charge in [-0.25, -0.2) is 8.42 Å². The maximum absolute atomic E-state index is 13.2. The van der Waals surface area contributed by atoms with Gasteiger partial charge in [0.2, 0.25) is 10.0 Å². The third-order valence-corrected chi connectivity index (χ3v) is 7.27. The van der Waals surface area contributed by atoms with Crippen molar-refractivity contribution in [1.29, 1.82) is 0 Å². The maximum Gasteiger partial charge on any atom is 0.211 e. The minimum atomic E-state index is -3.19. The molecule has 0 amide bonds. The lowest BCUT2D eigenvalue weighted by Crippen LogP contribution is -2.59. The molecule has 2 saturated heterocycles. The Kier molecular flexibility index (Phi) is 8.58. The van der Waals surface area contributed by atoms with Gasteiger partial charge in [0.1, 0.15) is 6.17 Å². The number of hydrogen-bond donors (Lipinski definition) is 0. The first-order valence-electron chi connectivity index (χ1n) is 9.15. The Morgan fingerprint density at radius 2 is 1.57 bits per heavy atom. The molecule has 1 atom stereocenters. The summed E-state index contributed by atoms with van der Waals surface area (Å²) < 4.78 is 25.0. The van der Waals surface area contributed by atoms with Gasteiger partial charge in [-0.3, -0.25) is 14.6 Å². The Labute approximate surface area is 183 Å². The predicted molar refractivity (Wildman–Crippen MR) is 115 cm³/mol. The van der Waals surface area contributed by atoms with Crippen molar-refractivity contribution >= 4 is 51.4 Å². The SMILES string of the molecule is CS(=O)(=O)N1CCN(C(C(=O)Cc2ccc(Cl)c(Cl)c2)N2CCCC2)CC1.Cl. The highest BCUT2D eigenvalue weighted by Crippen LogP contribution is 2.24. The smallest absolute Gasteiger partial charge is 0.211 e. The number of nitrogens with zero attached hydrogens (tertiary/aromatic N) is 3. The molecule has 2 aliphatic heterocycles. The molecule has 158 valence electrons. The standard InChI is InChI=1S/C18H25Cl2N3O3S.ClH/c1-27(25,26)23-10-8-22(9-11-23)18(21-6-2-3-7-21)17(24)13-14-4-5-15(19)16(20)12-14;/h4-5,12,18H,2-3,6-11,13H2,1H3;1H. The molecule has 2 aliphatic rings. The van der Waals surface area contributed by atoms with Gasteiger partial charge in [0.15, 0.2) is 5.78 Å². The highest BCUT2D eigenvalue weighted by Gasteiger charge is 2.36. The summed E-state index contributed by atoms with van der Waals surface area (Å²) in [5, 5.41) is 0.919. The third-order valence-electron chi connectivity index (χ3n) is 5.22. The molecule has 3 rings (SSSR count). The van der Waals surface area contributed by atoms with Crippen LogP contribution in [0.4, 0.5) is 0 Å². The zero-order valence-corrected chi connectivity index (χ0v) is 19.0. The summed E-state index contributed by atoms with van der Waals surface area (Å²) in [7, 11) is -3.19. The first-order valence-corrected chi connectivity index (χ1v) is 11.8. The van der Waals surface area contributed by atoms with Gasteiger partial charge in [-0.15, -0.1) is 12.4 Å². The number of ketones is 1. The van der Waals surface area contributed by atoms with Crippen molar-refractivity contribution in [3.8, 4) is 0 Å². The van der Waals surface area contributed by atoms with Gasteiger partial charge < -0.3 is 0 Å². The lowest BCUT2D eigenvalue weighted by atomic mass is 10.1. The monoisotopic (exact) mass is 469 g/mol. The van der Waals surface area contributed by atoms with E-state index in [0.29, 0.717) is 36.2 Å². The van der Waals surface area contributed by atoms with E-state index in [1.807, 2.05) is 6.07 Å². The maximum atomic E-state index is 13.2. The van der Waals surface area contributed by atoms with Gasteiger partial charge in [0.05, 0.1) is 16.3 Å². The molecule has 0 saturated carbocycles. The molecule has 1 aromatic carbocycles. The number of piperazine rings is 1. The van der Waals surface area contributed by atoms with Crippen molar-refractivity contribution in [2.45, 2.75) is 25.4 Å². The lowest BCUT2D eigenvalue weighted by Gasteiger charge is -2.41. The second-order valence-electron chi connectivity index (χ2n) is 7.21. The zero-order valence-electron chi connectivity index (χ0n) is 15.8. The summed E-state index contributed by atoms with van der Waals surface area (Å²) in [6.07, 6.45) is 3.36.